The van der Waals surface area contributed by atoms with Crippen LogP contribution in [0.1, 0.15) is 44.6 Å². The highest BCUT2D eigenvalue weighted by atomic mass is 127. The highest BCUT2D eigenvalue weighted by Crippen LogP contribution is 2.22. The minimum absolute atomic E-state index is 0.457. The molecule has 1 aromatic rings. The summed E-state index contributed by atoms with van der Waals surface area (Å²) in [6, 6.07) is 9.33. The van der Waals surface area contributed by atoms with Crippen molar-refractivity contribution in [3.63, 3.8) is 0 Å². The summed E-state index contributed by atoms with van der Waals surface area (Å²) >= 11 is 2.33. The molecule has 0 bridgehead atoms. The maximum Gasteiger partial charge on any atom is 0.0720 e. The van der Waals surface area contributed by atoms with Gasteiger partial charge in [0.05, 0.1) is 12.7 Å². The van der Waals surface area contributed by atoms with Gasteiger partial charge >= 0.3 is 0 Å². The van der Waals surface area contributed by atoms with Crippen molar-refractivity contribution < 1.29 is 4.74 Å². The van der Waals surface area contributed by atoms with Gasteiger partial charge in [-0.25, -0.2) is 0 Å². The summed E-state index contributed by atoms with van der Waals surface area (Å²) < 4.78 is 7.31. The summed E-state index contributed by atoms with van der Waals surface area (Å²) in [5.41, 5.74) is 1.28. The van der Waals surface area contributed by atoms with E-state index >= 15 is 0 Å². The Kier molecular flexibility index (Phi) is 6.61. The van der Waals surface area contributed by atoms with Crippen LogP contribution in [0.2, 0.25) is 0 Å². The maximum absolute atomic E-state index is 6.03. The normalized spacial score (nSPS) is 23.5. The molecule has 19 heavy (non-hydrogen) atoms. The van der Waals surface area contributed by atoms with Gasteiger partial charge in [-0.3, -0.25) is 0 Å². The van der Waals surface area contributed by atoms with E-state index in [1.807, 2.05) is 0 Å². The third kappa shape index (κ3) is 5.40. The highest BCUT2D eigenvalue weighted by molar-refractivity contribution is 14.1. The van der Waals surface area contributed by atoms with Crippen LogP contribution in [-0.4, -0.2) is 18.7 Å². The number of hydrogen-bond donors (Lipinski definition) is 1. The molecule has 0 aromatic heterocycles. The Morgan fingerprint density at radius 1 is 1.16 bits per heavy atom. The summed E-state index contributed by atoms with van der Waals surface area (Å²) in [5.74, 6) is 0. The minimum Gasteiger partial charge on any atom is -0.374 e. The summed E-state index contributed by atoms with van der Waals surface area (Å²) in [6.45, 7) is 4.14. The summed E-state index contributed by atoms with van der Waals surface area (Å²) in [7, 11) is 0. The molecule has 3 heteroatoms. The number of hydrogen-bond acceptors (Lipinski definition) is 2. The third-order valence-electron chi connectivity index (χ3n) is 3.76. The largest absolute Gasteiger partial charge is 0.374 e. The van der Waals surface area contributed by atoms with Crippen LogP contribution in [0.15, 0.2) is 24.3 Å². The van der Waals surface area contributed by atoms with Crippen LogP contribution < -0.4 is 5.32 Å². The molecule has 0 atom stereocenters. The molecule has 1 aromatic carbocycles. The van der Waals surface area contributed by atoms with Crippen LogP contribution in [0.4, 0.5) is 0 Å². The topological polar surface area (TPSA) is 21.3 Å². The second kappa shape index (κ2) is 8.22. The molecule has 1 fully saturated rings. The molecule has 0 radical (unpaired) electrons. The number of rotatable bonds is 6. The quantitative estimate of drug-likeness (QED) is 0.758. The van der Waals surface area contributed by atoms with E-state index in [4.69, 9.17) is 4.74 Å². The smallest absolute Gasteiger partial charge is 0.0720 e. The van der Waals surface area contributed by atoms with Crippen molar-refractivity contribution >= 4 is 22.6 Å². The lowest BCUT2D eigenvalue weighted by molar-refractivity contribution is 0.0114. The first-order valence-corrected chi connectivity index (χ1v) is 8.45. The van der Waals surface area contributed by atoms with Crippen LogP contribution in [0.3, 0.4) is 0 Å². The average Bonchev–Trinajstić information content (AvgIpc) is 2.46. The number of nitrogens with one attached hydrogen (secondary N) is 1. The molecular formula is C16H24INO. The van der Waals surface area contributed by atoms with Crippen LogP contribution in [0.25, 0.3) is 0 Å². The number of halogens is 1. The van der Waals surface area contributed by atoms with E-state index in [2.05, 4.69) is 59.1 Å². The molecule has 1 aliphatic rings. The summed E-state index contributed by atoms with van der Waals surface area (Å²) in [5, 5.41) is 3.62. The van der Waals surface area contributed by atoms with Crippen LogP contribution >= 0.6 is 22.6 Å². The first-order chi connectivity index (χ1) is 9.28. The van der Waals surface area contributed by atoms with E-state index in [-0.39, 0.29) is 0 Å². The van der Waals surface area contributed by atoms with E-state index in [1.165, 1.54) is 41.2 Å². The fraction of sp³-hybridized carbons (Fsp3) is 0.625. The molecule has 0 aliphatic heterocycles. The minimum atomic E-state index is 0.457. The van der Waals surface area contributed by atoms with Gasteiger partial charge in [0, 0.05) is 9.61 Å². The zero-order chi connectivity index (χ0) is 13.5. The van der Waals surface area contributed by atoms with E-state index in [0.29, 0.717) is 6.10 Å². The molecule has 2 rings (SSSR count). The maximum atomic E-state index is 6.03. The summed E-state index contributed by atoms with van der Waals surface area (Å²) in [4.78, 5) is 0. The van der Waals surface area contributed by atoms with Crippen LogP contribution in [-0.2, 0) is 11.3 Å². The number of ether oxygens (including phenoxy) is 1. The fourth-order valence-corrected chi connectivity index (χ4v) is 2.94. The molecule has 106 valence electrons. The Labute approximate surface area is 130 Å². The monoisotopic (exact) mass is 373 g/mol. The SMILES string of the molecule is CCCNC1CCC(OCc2ccc(I)cc2)CC1. The molecule has 0 saturated heterocycles. The zero-order valence-corrected chi connectivity index (χ0v) is 13.9. The lowest BCUT2D eigenvalue weighted by Gasteiger charge is -2.29. The van der Waals surface area contributed by atoms with Crippen LogP contribution in [0, 0.1) is 3.57 Å². The van der Waals surface area contributed by atoms with Gasteiger partial charge in [-0.2, -0.15) is 0 Å². The second-order valence-electron chi connectivity index (χ2n) is 5.37. The predicted octanol–water partition coefficient (Wildman–Crippen LogP) is 4.12. The van der Waals surface area contributed by atoms with Gasteiger partial charge in [0.1, 0.15) is 0 Å². The Hall–Kier alpha value is -0.130. The molecule has 1 N–H and O–H groups in total. The van der Waals surface area contributed by atoms with Gasteiger partial charge < -0.3 is 10.1 Å². The van der Waals surface area contributed by atoms with Crippen molar-refractivity contribution in [1.29, 1.82) is 0 Å². The second-order valence-corrected chi connectivity index (χ2v) is 6.61. The van der Waals surface area contributed by atoms with Gasteiger partial charge in [-0.15, -0.1) is 0 Å². The van der Waals surface area contributed by atoms with Crippen LogP contribution in [0.5, 0.6) is 0 Å². The average molecular weight is 373 g/mol. The van der Waals surface area contributed by atoms with Crippen molar-refractivity contribution in [1.82, 2.24) is 5.32 Å². The molecule has 0 unspecified atom stereocenters. The van der Waals surface area contributed by atoms with E-state index in [1.54, 1.807) is 0 Å². The fourth-order valence-electron chi connectivity index (χ4n) is 2.58. The predicted molar refractivity (Wildman–Crippen MR) is 88.3 cm³/mol. The summed E-state index contributed by atoms with van der Waals surface area (Å²) in [6.07, 6.45) is 6.61. The van der Waals surface area contributed by atoms with Crippen molar-refractivity contribution in [3.05, 3.63) is 33.4 Å². The molecule has 1 aliphatic carbocycles. The van der Waals surface area contributed by atoms with E-state index in [9.17, 15) is 0 Å². The highest BCUT2D eigenvalue weighted by Gasteiger charge is 2.20. The Morgan fingerprint density at radius 3 is 2.47 bits per heavy atom. The van der Waals surface area contributed by atoms with Crippen molar-refractivity contribution in [2.24, 2.45) is 0 Å². The van der Waals surface area contributed by atoms with E-state index in [0.717, 1.165) is 19.2 Å². The molecule has 2 nitrogen and oxygen atoms in total. The Bertz CT molecular complexity index is 358. The first-order valence-electron chi connectivity index (χ1n) is 7.37. The van der Waals surface area contributed by atoms with Crippen molar-refractivity contribution in [2.75, 3.05) is 6.54 Å². The van der Waals surface area contributed by atoms with Gasteiger partial charge in [-0.05, 0) is 78.9 Å². The van der Waals surface area contributed by atoms with E-state index < -0.39 is 0 Å². The molecule has 1 saturated carbocycles. The first kappa shape index (κ1) is 15.3. The van der Waals surface area contributed by atoms with Gasteiger partial charge in [-0.1, -0.05) is 19.1 Å². The molecule has 0 spiro atoms. The molecule has 0 heterocycles. The van der Waals surface area contributed by atoms with Crippen molar-refractivity contribution in [3.8, 4) is 0 Å². The number of benzene rings is 1. The lowest BCUT2D eigenvalue weighted by atomic mass is 9.93. The van der Waals surface area contributed by atoms with Gasteiger partial charge in [0.15, 0.2) is 0 Å². The Morgan fingerprint density at radius 2 is 1.84 bits per heavy atom. The van der Waals surface area contributed by atoms with Crippen molar-refractivity contribution in [2.45, 2.75) is 57.8 Å². The zero-order valence-electron chi connectivity index (χ0n) is 11.7. The van der Waals surface area contributed by atoms with Gasteiger partial charge in [0.2, 0.25) is 0 Å². The van der Waals surface area contributed by atoms with Gasteiger partial charge in [0.25, 0.3) is 0 Å². The molecular weight excluding hydrogens is 349 g/mol. The Balaban J connectivity index is 1.67. The standard InChI is InChI=1S/C16H24INO/c1-2-11-18-15-7-9-16(10-8-15)19-12-13-3-5-14(17)6-4-13/h3-6,15-16,18H,2,7-12H2,1H3. The molecule has 0 amide bonds. The third-order valence-corrected chi connectivity index (χ3v) is 4.48. The lowest BCUT2D eigenvalue weighted by Crippen LogP contribution is -2.35.